The first-order valence-corrected chi connectivity index (χ1v) is 15.2. The summed E-state index contributed by atoms with van der Waals surface area (Å²) < 4.78 is 10.8. The van der Waals surface area contributed by atoms with Crippen LogP contribution in [0.1, 0.15) is 93.4 Å². The summed E-state index contributed by atoms with van der Waals surface area (Å²) in [5.41, 5.74) is -3.03. The molecule has 42 heavy (non-hydrogen) atoms. The Balaban J connectivity index is 1.70. The van der Waals surface area contributed by atoms with Crippen molar-refractivity contribution in [2.75, 3.05) is 7.11 Å². The van der Waals surface area contributed by atoms with Crippen LogP contribution < -0.4 is 0 Å². The Bertz CT molecular complexity index is 1420. The Kier molecular flexibility index (Phi) is 6.66. The first-order valence-electron chi connectivity index (χ1n) is 15.2. The van der Waals surface area contributed by atoms with E-state index in [9.17, 15) is 19.6 Å². The van der Waals surface area contributed by atoms with Crippen molar-refractivity contribution >= 4 is 29.3 Å². The molecule has 0 aliphatic heterocycles. The van der Waals surface area contributed by atoms with E-state index in [0.29, 0.717) is 32.1 Å². The van der Waals surface area contributed by atoms with Crippen LogP contribution in [-0.2, 0) is 23.9 Å². The van der Waals surface area contributed by atoms with E-state index in [2.05, 4.69) is 33.8 Å². The molecule has 8 heteroatoms. The number of esters is 1. The zero-order valence-electron chi connectivity index (χ0n) is 26.3. The van der Waals surface area contributed by atoms with Crippen molar-refractivity contribution in [3.8, 4) is 6.07 Å². The highest BCUT2D eigenvalue weighted by molar-refractivity contribution is 6.17. The van der Waals surface area contributed by atoms with E-state index in [1.165, 1.54) is 14.0 Å². The second-order valence-corrected chi connectivity index (χ2v) is 15.4. The van der Waals surface area contributed by atoms with Crippen LogP contribution in [0.15, 0.2) is 23.3 Å². The molecule has 3 saturated carbocycles. The number of hydrogen-bond donors (Lipinski definition) is 2. The van der Waals surface area contributed by atoms with E-state index >= 15 is 0 Å². The number of fused-ring (bicyclic) bond motifs is 7. The van der Waals surface area contributed by atoms with E-state index in [-0.39, 0.29) is 46.4 Å². The van der Waals surface area contributed by atoms with Gasteiger partial charge in [-0.3, -0.25) is 25.2 Å². The van der Waals surface area contributed by atoms with Gasteiger partial charge in [-0.2, -0.15) is 5.26 Å². The van der Waals surface area contributed by atoms with Crippen LogP contribution in [0.4, 0.5) is 0 Å². The van der Waals surface area contributed by atoms with Crippen LogP contribution in [-0.4, -0.2) is 36.4 Å². The molecule has 2 unspecified atom stereocenters. The fourth-order valence-electron chi connectivity index (χ4n) is 10.4. The topological polar surface area (TPSA) is 141 Å². The van der Waals surface area contributed by atoms with Crippen molar-refractivity contribution in [2.45, 2.75) is 93.4 Å². The largest absolute Gasteiger partial charge is 0.469 e. The fourth-order valence-corrected chi connectivity index (χ4v) is 10.4. The molecule has 8 atom stereocenters. The molecule has 0 radical (unpaired) electrons. The summed E-state index contributed by atoms with van der Waals surface area (Å²) in [5, 5.41) is 26.7. The summed E-state index contributed by atoms with van der Waals surface area (Å²) in [4.78, 5) is 41.7. The lowest BCUT2D eigenvalue weighted by Crippen LogP contribution is -2.66. The number of ether oxygens (including phenoxy) is 2. The maximum Gasteiger partial charge on any atom is 0.312 e. The highest BCUT2D eigenvalue weighted by atomic mass is 16.5. The number of ketones is 2. The highest BCUT2D eigenvalue weighted by Gasteiger charge is 2.72. The molecule has 5 aliphatic rings. The van der Waals surface area contributed by atoms with Crippen LogP contribution in [0.2, 0.25) is 0 Å². The average molecular weight is 576 g/mol. The Morgan fingerprint density at radius 2 is 1.67 bits per heavy atom. The molecule has 5 rings (SSSR count). The SMILES string of the molecule is COC(=O)[C@]12CCC(C)(C)CC1C1C(=O)C=C3[C@@]4(C)C=C(C#N)C(=O)[C@@](C)(C(=N)OC(C)=N)[C@@H]4CC[C@@]3(C)[C@]1(C)CC2. The maximum atomic E-state index is 14.5. The number of allylic oxidation sites excluding steroid dienone is 4. The van der Waals surface area contributed by atoms with Gasteiger partial charge in [-0.05, 0) is 86.0 Å². The average Bonchev–Trinajstić information content (AvgIpc) is 2.91. The molecule has 0 aromatic heterocycles. The van der Waals surface area contributed by atoms with E-state index in [0.717, 1.165) is 18.4 Å². The van der Waals surface area contributed by atoms with Gasteiger partial charge in [0, 0.05) is 18.3 Å². The molecular formula is C34H45N3O5. The number of nitriles is 1. The zero-order chi connectivity index (χ0) is 31.3. The van der Waals surface area contributed by atoms with Crippen LogP contribution >= 0.6 is 0 Å². The third-order valence-corrected chi connectivity index (χ3v) is 12.9. The number of methoxy groups -OCH3 is 1. The lowest BCUT2D eigenvalue weighted by Gasteiger charge is -2.68. The minimum atomic E-state index is -1.46. The standard InChI is InChI=1S/C34H45N3O5/c1-19(36)42-27(37)33(7)23-9-10-31(5)24(30(23,4)16-20(18-35)26(33)39)15-22(38)25-21-17-29(2,3)11-13-34(21,28(40)41-8)14-12-32(25,31)6/h15-16,21,23,25,36-37H,9-14,17H2,1-8H3/t21?,23-,25?,30+,31-,32-,33+,34+/m1/s1. The van der Waals surface area contributed by atoms with Gasteiger partial charge in [0.05, 0.1) is 18.1 Å². The normalized spacial score (nSPS) is 43.6. The molecule has 0 heterocycles. The first-order chi connectivity index (χ1) is 19.4. The summed E-state index contributed by atoms with van der Waals surface area (Å²) in [5.74, 6) is -2.11. The number of rotatable bonds is 2. The Hall–Kier alpha value is -3.08. The monoisotopic (exact) mass is 575 g/mol. The first kappa shape index (κ1) is 30.4. The molecule has 0 amide bonds. The van der Waals surface area contributed by atoms with Gasteiger partial charge in [-0.1, -0.05) is 46.3 Å². The third kappa shape index (κ3) is 3.67. The molecule has 226 valence electrons. The number of nitrogens with one attached hydrogen (secondary N) is 2. The number of Topliss-reactive ketones (excluding diaryl/α,β-unsaturated/α-hetero) is 1. The molecule has 0 bridgehead atoms. The van der Waals surface area contributed by atoms with Crippen molar-refractivity contribution in [2.24, 2.45) is 50.2 Å². The van der Waals surface area contributed by atoms with E-state index in [4.69, 9.17) is 20.3 Å². The molecule has 3 fully saturated rings. The highest BCUT2D eigenvalue weighted by Crippen LogP contribution is 2.74. The van der Waals surface area contributed by atoms with E-state index in [1.807, 2.05) is 6.92 Å². The van der Waals surface area contributed by atoms with Crippen LogP contribution in [0.25, 0.3) is 0 Å². The lowest BCUT2D eigenvalue weighted by atomic mass is 9.34. The van der Waals surface area contributed by atoms with Crippen molar-refractivity contribution < 1.29 is 23.9 Å². The molecule has 0 aromatic rings. The predicted molar refractivity (Wildman–Crippen MR) is 157 cm³/mol. The van der Waals surface area contributed by atoms with Gasteiger partial charge in [-0.25, -0.2) is 0 Å². The molecule has 5 aliphatic carbocycles. The van der Waals surface area contributed by atoms with Gasteiger partial charge in [0.15, 0.2) is 17.5 Å². The third-order valence-electron chi connectivity index (χ3n) is 12.9. The molecular weight excluding hydrogens is 530 g/mol. The van der Waals surface area contributed by atoms with Gasteiger partial charge in [0.1, 0.15) is 11.5 Å². The number of carbonyl (C=O) groups is 3. The van der Waals surface area contributed by atoms with Gasteiger partial charge in [-0.15, -0.1) is 0 Å². The fraction of sp³-hybridized carbons (Fsp3) is 0.706. The maximum absolute atomic E-state index is 14.5. The minimum absolute atomic E-state index is 0.00140. The summed E-state index contributed by atoms with van der Waals surface area (Å²) >= 11 is 0. The predicted octanol–water partition coefficient (Wildman–Crippen LogP) is 6.35. The van der Waals surface area contributed by atoms with Crippen molar-refractivity contribution in [1.82, 2.24) is 0 Å². The summed E-state index contributed by atoms with van der Waals surface area (Å²) in [6.45, 7) is 14.0. The van der Waals surface area contributed by atoms with Gasteiger partial charge < -0.3 is 9.47 Å². The Morgan fingerprint density at radius 3 is 2.26 bits per heavy atom. The molecule has 8 nitrogen and oxygen atoms in total. The van der Waals surface area contributed by atoms with Crippen LogP contribution in [0.3, 0.4) is 0 Å². The van der Waals surface area contributed by atoms with Gasteiger partial charge in [0.25, 0.3) is 0 Å². The van der Waals surface area contributed by atoms with Crippen LogP contribution in [0.5, 0.6) is 0 Å². The van der Waals surface area contributed by atoms with Gasteiger partial charge in [0.2, 0.25) is 5.90 Å². The van der Waals surface area contributed by atoms with Crippen molar-refractivity contribution in [1.29, 1.82) is 16.1 Å². The second-order valence-electron chi connectivity index (χ2n) is 15.4. The number of hydrogen-bond acceptors (Lipinski definition) is 8. The molecule has 0 aromatic carbocycles. The van der Waals surface area contributed by atoms with Crippen molar-refractivity contribution in [3.63, 3.8) is 0 Å². The molecule has 0 saturated heterocycles. The summed E-state index contributed by atoms with van der Waals surface area (Å²) in [6.07, 6.45) is 8.54. The Labute approximate surface area is 249 Å². The van der Waals surface area contributed by atoms with E-state index < -0.39 is 38.8 Å². The van der Waals surface area contributed by atoms with Crippen molar-refractivity contribution in [3.05, 3.63) is 23.3 Å². The van der Waals surface area contributed by atoms with Crippen LogP contribution in [0, 0.1) is 72.4 Å². The summed E-state index contributed by atoms with van der Waals surface area (Å²) in [7, 11) is 1.45. The molecule has 2 N–H and O–H groups in total. The molecule has 0 spiro atoms. The Morgan fingerprint density at radius 1 is 1.02 bits per heavy atom. The lowest BCUT2D eigenvalue weighted by molar-refractivity contribution is -0.190. The minimum Gasteiger partial charge on any atom is -0.469 e. The second kappa shape index (κ2) is 9.21. The number of carbonyl (C=O) groups excluding carboxylic acids is 3. The number of nitrogens with zero attached hydrogens (tertiary/aromatic N) is 1. The summed E-state index contributed by atoms with van der Waals surface area (Å²) in [6, 6.07) is 2.07. The zero-order valence-corrected chi connectivity index (χ0v) is 26.3. The van der Waals surface area contributed by atoms with Gasteiger partial charge >= 0.3 is 5.97 Å². The quantitative estimate of drug-likeness (QED) is 0.223. The van der Waals surface area contributed by atoms with E-state index in [1.54, 1.807) is 19.1 Å². The smallest absolute Gasteiger partial charge is 0.312 e.